The third-order valence-corrected chi connectivity index (χ3v) is 10.2. The van der Waals surface area contributed by atoms with Crippen LogP contribution in [0.1, 0.15) is 36.5 Å². The molecule has 0 saturated heterocycles. The third kappa shape index (κ3) is 9.04. The van der Waals surface area contributed by atoms with E-state index in [4.69, 9.17) is 34.8 Å². The maximum Gasteiger partial charge on any atom is 0.264 e. The summed E-state index contributed by atoms with van der Waals surface area (Å²) in [5, 5.41) is 3.98. The highest BCUT2D eigenvalue weighted by atomic mass is 35.5. The highest BCUT2D eigenvalue weighted by molar-refractivity contribution is 7.92. The molecule has 0 aliphatic heterocycles. The molecule has 0 bridgehead atoms. The lowest BCUT2D eigenvalue weighted by Crippen LogP contribution is -2.53. The van der Waals surface area contributed by atoms with Crippen molar-refractivity contribution in [2.45, 2.75) is 50.6 Å². The number of hydrogen-bond acceptors (Lipinski definition) is 4. The lowest BCUT2D eigenvalue weighted by molar-refractivity contribution is -0.140. The van der Waals surface area contributed by atoms with Crippen molar-refractivity contribution in [1.29, 1.82) is 0 Å². The molecule has 242 valence electrons. The predicted molar refractivity (Wildman–Crippen MR) is 186 cm³/mol. The van der Waals surface area contributed by atoms with Crippen molar-refractivity contribution in [1.82, 2.24) is 10.2 Å². The quantitative estimate of drug-likeness (QED) is 0.137. The zero-order valence-corrected chi connectivity index (χ0v) is 28.7. The van der Waals surface area contributed by atoms with Crippen LogP contribution in [0, 0.1) is 6.92 Å². The molecule has 0 aromatic heterocycles. The summed E-state index contributed by atoms with van der Waals surface area (Å²) in [6.45, 7) is 3.56. The van der Waals surface area contributed by atoms with E-state index in [0.29, 0.717) is 32.9 Å². The molecule has 4 aromatic rings. The van der Waals surface area contributed by atoms with Crippen LogP contribution < -0.4 is 9.62 Å². The summed E-state index contributed by atoms with van der Waals surface area (Å²) in [5.74, 6) is -0.974. The number of nitrogens with one attached hydrogen (secondary N) is 1. The first kappa shape index (κ1) is 35.3. The SMILES string of the molecule is CCCCNC(=O)C(Cc1ccccc1)N(Cc1c(Cl)cccc1Cl)C(=O)CN(c1cccc(C)c1)S(=O)(=O)c1ccc(Cl)cc1. The number of anilines is 1. The summed E-state index contributed by atoms with van der Waals surface area (Å²) in [7, 11) is -4.25. The maximum absolute atomic E-state index is 14.6. The van der Waals surface area contributed by atoms with Crippen molar-refractivity contribution >= 4 is 62.3 Å². The number of carbonyl (C=O) groups is 2. The number of rotatable bonds is 14. The van der Waals surface area contributed by atoms with E-state index >= 15 is 0 Å². The van der Waals surface area contributed by atoms with E-state index in [9.17, 15) is 18.0 Å². The fraction of sp³-hybridized carbons (Fsp3) is 0.257. The van der Waals surface area contributed by atoms with Crippen LogP contribution in [0.25, 0.3) is 0 Å². The van der Waals surface area contributed by atoms with Crippen LogP contribution >= 0.6 is 34.8 Å². The molecule has 0 aliphatic rings. The Labute approximate surface area is 286 Å². The molecule has 0 heterocycles. The fourth-order valence-electron chi connectivity index (χ4n) is 4.96. The number of benzene rings is 4. The van der Waals surface area contributed by atoms with Crippen LogP contribution in [0.4, 0.5) is 5.69 Å². The monoisotopic (exact) mass is 699 g/mol. The number of carbonyl (C=O) groups excluding carboxylic acids is 2. The van der Waals surface area contributed by atoms with Gasteiger partial charge in [-0.3, -0.25) is 13.9 Å². The minimum Gasteiger partial charge on any atom is -0.354 e. The van der Waals surface area contributed by atoms with E-state index in [-0.39, 0.29) is 23.8 Å². The van der Waals surface area contributed by atoms with Gasteiger partial charge in [-0.15, -0.1) is 0 Å². The van der Waals surface area contributed by atoms with Gasteiger partial charge in [-0.1, -0.05) is 96.7 Å². The zero-order valence-electron chi connectivity index (χ0n) is 25.6. The fourth-order valence-corrected chi connectivity index (χ4v) is 7.01. The summed E-state index contributed by atoms with van der Waals surface area (Å²) >= 11 is 19.2. The van der Waals surface area contributed by atoms with Gasteiger partial charge in [-0.05, 0) is 73.0 Å². The highest BCUT2D eigenvalue weighted by Crippen LogP contribution is 2.29. The number of unbranched alkanes of at least 4 members (excludes halogenated alkanes) is 1. The standard InChI is InChI=1S/C35H36Cl3N3O4S/c1-3-4-20-39-35(43)33(22-26-11-6-5-7-12-26)40(23-30-31(37)14-9-15-32(30)38)34(42)24-41(28-13-8-10-25(2)21-28)46(44,45)29-18-16-27(36)17-19-29/h5-19,21,33H,3-4,20,22-24H2,1-2H3,(H,39,43). The Bertz CT molecular complexity index is 1730. The predicted octanol–water partition coefficient (Wildman–Crippen LogP) is 7.71. The van der Waals surface area contributed by atoms with Gasteiger partial charge in [0.25, 0.3) is 10.0 Å². The summed E-state index contributed by atoms with van der Waals surface area (Å²) in [6, 6.07) is 26.0. The minimum atomic E-state index is -4.25. The van der Waals surface area contributed by atoms with Crippen molar-refractivity contribution in [3.63, 3.8) is 0 Å². The summed E-state index contributed by atoms with van der Waals surface area (Å²) < 4.78 is 29.3. The highest BCUT2D eigenvalue weighted by Gasteiger charge is 2.35. The zero-order chi connectivity index (χ0) is 33.3. The number of sulfonamides is 1. The molecule has 11 heteroatoms. The molecular weight excluding hydrogens is 665 g/mol. The van der Waals surface area contributed by atoms with E-state index in [2.05, 4.69) is 5.32 Å². The second-order valence-corrected chi connectivity index (χ2v) is 14.0. The molecule has 4 aromatic carbocycles. The number of hydrogen-bond donors (Lipinski definition) is 1. The van der Waals surface area contributed by atoms with Gasteiger partial charge in [0, 0.05) is 40.1 Å². The van der Waals surface area contributed by atoms with Gasteiger partial charge in [-0.2, -0.15) is 0 Å². The average molecular weight is 701 g/mol. The van der Waals surface area contributed by atoms with E-state index in [1.54, 1.807) is 36.4 Å². The van der Waals surface area contributed by atoms with Crippen LogP contribution in [-0.4, -0.2) is 44.3 Å². The van der Waals surface area contributed by atoms with Crippen molar-refractivity contribution < 1.29 is 18.0 Å². The second kappa shape index (κ2) is 16.3. The third-order valence-electron chi connectivity index (χ3n) is 7.46. The average Bonchev–Trinajstić information content (AvgIpc) is 3.03. The molecule has 0 aliphatic carbocycles. The summed E-state index contributed by atoms with van der Waals surface area (Å²) in [6.07, 6.45) is 1.81. The Morgan fingerprint density at radius 1 is 0.848 bits per heavy atom. The van der Waals surface area contributed by atoms with Crippen molar-refractivity contribution in [3.8, 4) is 0 Å². The van der Waals surface area contributed by atoms with Crippen LogP contribution in [0.3, 0.4) is 0 Å². The molecule has 1 unspecified atom stereocenters. The molecular formula is C35H36Cl3N3O4S. The van der Waals surface area contributed by atoms with E-state index in [1.165, 1.54) is 29.2 Å². The van der Waals surface area contributed by atoms with Crippen LogP contribution in [0.2, 0.25) is 15.1 Å². The molecule has 0 spiro atoms. The summed E-state index contributed by atoms with van der Waals surface area (Å²) in [4.78, 5) is 29.8. The molecule has 0 fully saturated rings. The first-order valence-electron chi connectivity index (χ1n) is 14.9. The van der Waals surface area contributed by atoms with Crippen LogP contribution in [0.15, 0.2) is 102 Å². The number of aryl methyl sites for hydroxylation is 1. The maximum atomic E-state index is 14.6. The van der Waals surface area contributed by atoms with Crippen molar-refractivity contribution in [3.05, 3.63) is 129 Å². The topological polar surface area (TPSA) is 86.8 Å². The van der Waals surface area contributed by atoms with E-state index in [0.717, 1.165) is 28.3 Å². The molecule has 1 atom stereocenters. The Morgan fingerprint density at radius 3 is 2.13 bits per heavy atom. The molecule has 4 rings (SSSR count). The minimum absolute atomic E-state index is 0.0370. The number of nitrogens with zero attached hydrogens (tertiary/aromatic N) is 2. The normalized spacial score (nSPS) is 11.9. The second-order valence-electron chi connectivity index (χ2n) is 10.9. The van der Waals surface area contributed by atoms with Gasteiger partial charge < -0.3 is 10.2 Å². The molecule has 0 radical (unpaired) electrons. The Balaban J connectivity index is 1.82. The van der Waals surface area contributed by atoms with Gasteiger partial charge in [0.15, 0.2) is 0 Å². The molecule has 0 saturated carbocycles. The van der Waals surface area contributed by atoms with Gasteiger partial charge >= 0.3 is 0 Å². The van der Waals surface area contributed by atoms with Crippen molar-refractivity contribution in [2.24, 2.45) is 0 Å². The number of amides is 2. The van der Waals surface area contributed by atoms with E-state index in [1.807, 2.05) is 50.2 Å². The van der Waals surface area contributed by atoms with E-state index < -0.39 is 28.5 Å². The van der Waals surface area contributed by atoms with Crippen molar-refractivity contribution in [2.75, 3.05) is 17.4 Å². The number of halogens is 3. The molecule has 2 amide bonds. The van der Waals surface area contributed by atoms with Crippen LogP contribution in [-0.2, 0) is 32.6 Å². The first-order chi connectivity index (χ1) is 22.0. The lowest BCUT2D eigenvalue weighted by Gasteiger charge is -2.34. The van der Waals surface area contributed by atoms with Crippen LogP contribution in [0.5, 0.6) is 0 Å². The Kier molecular flexibility index (Phi) is 12.5. The van der Waals surface area contributed by atoms with Gasteiger partial charge in [0.1, 0.15) is 12.6 Å². The smallest absolute Gasteiger partial charge is 0.264 e. The molecule has 1 N–H and O–H groups in total. The Hall–Kier alpha value is -3.56. The Morgan fingerprint density at radius 2 is 1.50 bits per heavy atom. The molecule has 7 nitrogen and oxygen atoms in total. The van der Waals surface area contributed by atoms with Gasteiger partial charge in [0.05, 0.1) is 10.6 Å². The summed E-state index contributed by atoms with van der Waals surface area (Å²) in [5.41, 5.74) is 2.37. The lowest BCUT2D eigenvalue weighted by atomic mass is 10.0. The van der Waals surface area contributed by atoms with Gasteiger partial charge in [0.2, 0.25) is 11.8 Å². The molecule has 46 heavy (non-hydrogen) atoms. The first-order valence-corrected chi connectivity index (χ1v) is 17.5. The largest absolute Gasteiger partial charge is 0.354 e. The van der Waals surface area contributed by atoms with Gasteiger partial charge in [-0.25, -0.2) is 8.42 Å².